The highest BCUT2D eigenvalue weighted by Crippen LogP contribution is 2.20. The molecule has 18 heavy (non-hydrogen) atoms. The zero-order valence-corrected chi connectivity index (χ0v) is 11.8. The minimum absolute atomic E-state index is 0.291. The lowest BCUT2D eigenvalue weighted by atomic mass is 10.1. The topological polar surface area (TPSA) is 32.7 Å². The van der Waals surface area contributed by atoms with Crippen LogP contribution < -0.4 is 4.74 Å². The summed E-state index contributed by atoms with van der Waals surface area (Å²) < 4.78 is 5.38. The van der Waals surface area contributed by atoms with Gasteiger partial charge in [-0.05, 0) is 51.4 Å². The number of methoxy groups -OCH3 is 1. The van der Waals surface area contributed by atoms with Gasteiger partial charge >= 0.3 is 0 Å². The lowest BCUT2D eigenvalue weighted by molar-refractivity contribution is 0.264. The molecule has 0 unspecified atom stereocenters. The molecule has 0 radical (unpaired) electrons. The third kappa shape index (κ3) is 5.07. The van der Waals surface area contributed by atoms with Crippen LogP contribution in [0.25, 0.3) is 0 Å². The zero-order valence-electron chi connectivity index (χ0n) is 11.8. The number of unbranched alkanes of at least 4 members (excludes halogenated alkanes) is 1. The second-order valence-electron chi connectivity index (χ2n) is 4.80. The van der Waals surface area contributed by atoms with Crippen LogP contribution in [0.4, 0.5) is 0 Å². The Hall–Kier alpha value is -1.06. The van der Waals surface area contributed by atoms with Crippen molar-refractivity contribution in [3.05, 3.63) is 29.3 Å². The van der Waals surface area contributed by atoms with Crippen LogP contribution in [0, 0.1) is 6.92 Å². The summed E-state index contributed by atoms with van der Waals surface area (Å²) in [5.41, 5.74) is 2.54. The van der Waals surface area contributed by atoms with E-state index in [-0.39, 0.29) is 0 Å². The van der Waals surface area contributed by atoms with Gasteiger partial charge in [0.05, 0.1) is 7.11 Å². The average molecular weight is 251 g/mol. The van der Waals surface area contributed by atoms with Crippen molar-refractivity contribution >= 4 is 0 Å². The third-order valence-corrected chi connectivity index (χ3v) is 3.15. The van der Waals surface area contributed by atoms with Crippen molar-refractivity contribution in [2.45, 2.75) is 26.2 Å². The van der Waals surface area contributed by atoms with Gasteiger partial charge in [0.1, 0.15) is 5.75 Å². The van der Waals surface area contributed by atoms with Gasteiger partial charge in [0.25, 0.3) is 0 Å². The van der Waals surface area contributed by atoms with Crippen LogP contribution >= 0.6 is 0 Å². The maximum Gasteiger partial charge on any atom is 0.122 e. The molecule has 0 spiro atoms. The van der Waals surface area contributed by atoms with Crippen molar-refractivity contribution in [3.63, 3.8) is 0 Å². The second kappa shape index (κ2) is 8.11. The van der Waals surface area contributed by atoms with E-state index in [0.29, 0.717) is 6.61 Å². The number of aliphatic hydroxyl groups excluding tert-OH is 1. The van der Waals surface area contributed by atoms with Gasteiger partial charge in [-0.25, -0.2) is 0 Å². The van der Waals surface area contributed by atoms with Crippen molar-refractivity contribution < 1.29 is 9.84 Å². The van der Waals surface area contributed by atoms with Crippen LogP contribution in [0.3, 0.4) is 0 Å². The van der Waals surface area contributed by atoms with E-state index in [4.69, 9.17) is 9.84 Å². The lowest BCUT2D eigenvalue weighted by Crippen LogP contribution is -2.22. The Balaban J connectivity index is 2.44. The summed E-state index contributed by atoms with van der Waals surface area (Å²) >= 11 is 0. The fourth-order valence-corrected chi connectivity index (χ4v) is 2.02. The molecule has 0 bridgehead atoms. The molecule has 0 aliphatic carbocycles. The number of hydrogen-bond acceptors (Lipinski definition) is 3. The molecule has 0 fully saturated rings. The molecule has 0 aliphatic heterocycles. The van der Waals surface area contributed by atoms with Gasteiger partial charge in [0.2, 0.25) is 0 Å². The highest BCUT2D eigenvalue weighted by Gasteiger charge is 2.05. The molecule has 0 heterocycles. The standard InChI is InChI=1S/C15H25NO2/c1-13-6-7-15(18-3)14(12-13)8-10-16(2)9-4-5-11-17/h6-7,12,17H,4-5,8-11H2,1-3H3. The predicted octanol–water partition coefficient (Wildman–Crippen LogP) is 2.25. The summed E-state index contributed by atoms with van der Waals surface area (Å²) in [7, 11) is 3.85. The maximum absolute atomic E-state index is 8.75. The quantitative estimate of drug-likeness (QED) is 0.719. The number of likely N-dealkylation sites (N-methyl/N-ethyl adjacent to an activating group) is 1. The van der Waals surface area contributed by atoms with Gasteiger partial charge in [-0.1, -0.05) is 17.7 Å². The van der Waals surface area contributed by atoms with E-state index in [1.807, 2.05) is 6.07 Å². The number of aryl methyl sites for hydroxylation is 1. The number of nitrogens with zero attached hydrogens (tertiary/aromatic N) is 1. The Kier molecular flexibility index (Phi) is 6.76. The van der Waals surface area contributed by atoms with E-state index in [0.717, 1.165) is 38.1 Å². The molecule has 1 aromatic carbocycles. The molecule has 1 aromatic rings. The number of ether oxygens (including phenoxy) is 1. The average Bonchev–Trinajstić information content (AvgIpc) is 2.37. The number of benzene rings is 1. The van der Waals surface area contributed by atoms with Crippen molar-refractivity contribution in [1.82, 2.24) is 4.90 Å². The van der Waals surface area contributed by atoms with Crippen LogP contribution in [0.5, 0.6) is 5.75 Å². The first kappa shape index (κ1) is 15.0. The summed E-state index contributed by atoms with van der Waals surface area (Å²) in [5.74, 6) is 0.976. The Morgan fingerprint density at radius 2 is 2.00 bits per heavy atom. The fraction of sp³-hybridized carbons (Fsp3) is 0.600. The molecule has 102 valence electrons. The van der Waals surface area contributed by atoms with E-state index in [1.165, 1.54) is 11.1 Å². The molecule has 3 nitrogen and oxygen atoms in total. The maximum atomic E-state index is 8.75. The van der Waals surface area contributed by atoms with Crippen LogP contribution in [0.2, 0.25) is 0 Å². The number of rotatable bonds is 8. The van der Waals surface area contributed by atoms with E-state index in [9.17, 15) is 0 Å². The SMILES string of the molecule is COc1ccc(C)cc1CCN(C)CCCCO. The summed E-state index contributed by atoms with van der Waals surface area (Å²) in [6.07, 6.45) is 2.94. The normalized spacial score (nSPS) is 10.9. The Morgan fingerprint density at radius 1 is 1.22 bits per heavy atom. The van der Waals surface area contributed by atoms with E-state index >= 15 is 0 Å². The molecular formula is C15H25NO2. The molecule has 0 atom stereocenters. The highest BCUT2D eigenvalue weighted by atomic mass is 16.5. The van der Waals surface area contributed by atoms with Crippen LogP contribution in [-0.2, 0) is 6.42 Å². The molecule has 1 N–H and O–H groups in total. The fourth-order valence-electron chi connectivity index (χ4n) is 2.02. The van der Waals surface area contributed by atoms with Gasteiger partial charge in [-0.3, -0.25) is 0 Å². The Bertz CT molecular complexity index is 352. The number of hydrogen-bond donors (Lipinski definition) is 1. The van der Waals surface area contributed by atoms with E-state index in [2.05, 4.69) is 31.0 Å². The van der Waals surface area contributed by atoms with E-state index in [1.54, 1.807) is 7.11 Å². The third-order valence-electron chi connectivity index (χ3n) is 3.15. The van der Waals surface area contributed by atoms with Gasteiger partial charge in [-0.2, -0.15) is 0 Å². The molecular weight excluding hydrogens is 226 g/mol. The molecule has 0 aromatic heterocycles. The summed E-state index contributed by atoms with van der Waals surface area (Å²) in [6.45, 7) is 4.45. The van der Waals surface area contributed by atoms with Crippen LogP contribution in [0.15, 0.2) is 18.2 Å². The lowest BCUT2D eigenvalue weighted by Gasteiger charge is -2.17. The van der Waals surface area contributed by atoms with Crippen molar-refractivity contribution in [3.8, 4) is 5.75 Å². The second-order valence-corrected chi connectivity index (χ2v) is 4.80. The molecule has 0 saturated carbocycles. The number of aliphatic hydroxyl groups is 1. The molecule has 3 heteroatoms. The first-order valence-electron chi connectivity index (χ1n) is 6.60. The Morgan fingerprint density at radius 3 is 2.67 bits per heavy atom. The molecule has 0 amide bonds. The van der Waals surface area contributed by atoms with Crippen LogP contribution in [0.1, 0.15) is 24.0 Å². The predicted molar refractivity (Wildman–Crippen MR) is 75.3 cm³/mol. The van der Waals surface area contributed by atoms with Crippen molar-refractivity contribution in [2.75, 3.05) is 33.9 Å². The zero-order chi connectivity index (χ0) is 13.4. The van der Waals surface area contributed by atoms with Gasteiger partial charge < -0.3 is 14.7 Å². The monoisotopic (exact) mass is 251 g/mol. The summed E-state index contributed by atoms with van der Waals surface area (Å²) in [4.78, 5) is 2.30. The highest BCUT2D eigenvalue weighted by molar-refractivity contribution is 5.37. The largest absolute Gasteiger partial charge is 0.496 e. The van der Waals surface area contributed by atoms with Crippen molar-refractivity contribution in [1.29, 1.82) is 0 Å². The minimum atomic E-state index is 0.291. The Labute approximate surface area is 110 Å². The van der Waals surface area contributed by atoms with Crippen molar-refractivity contribution in [2.24, 2.45) is 0 Å². The van der Waals surface area contributed by atoms with Gasteiger partial charge in [0.15, 0.2) is 0 Å². The molecule has 0 aliphatic rings. The molecule has 0 saturated heterocycles. The first-order chi connectivity index (χ1) is 8.67. The van der Waals surface area contributed by atoms with Crippen LogP contribution in [-0.4, -0.2) is 43.9 Å². The molecule has 1 rings (SSSR count). The van der Waals surface area contributed by atoms with Gasteiger partial charge in [-0.15, -0.1) is 0 Å². The smallest absolute Gasteiger partial charge is 0.122 e. The van der Waals surface area contributed by atoms with E-state index < -0.39 is 0 Å². The first-order valence-corrected chi connectivity index (χ1v) is 6.60. The van der Waals surface area contributed by atoms with Gasteiger partial charge in [0, 0.05) is 13.2 Å². The minimum Gasteiger partial charge on any atom is -0.496 e. The summed E-state index contributed by atoms with van der Waals surface area (Å²) in [5, 5.41) is 8.75. The summed E-state index contributed by atoms with van der Waals surface area (Å²) in [6, 6.07) is 6.31.